The molecule has 1 heterocycles. The van der Waals surface area contributed by atoms with Crippen molar-refractivity contribution >= 4 is 6.09 Å². The third-order valence-electron chi connectivity index (χ3n) is 4.05. The van der Waals surface area contributed by atoms with E-state index >= 15 is 0 Å². The normalized spacial score (nSPS) is 11.2. The summed E-state index contributed by atoms with van der Waals surface area (Å²) >= 11 is 0. The summed E-state index contributed by atoms with van der Waals surface area (Å²) in [6.07, 6.45) is 0.132. The Kier molecular flexibility index (Phi) is 5.86. The van der Waals surface area contributed by atoms with Crippen molar-refractivity contribution in [1.29, 1.82) is 0 Å². The monoisotopic (exact) mass is 365 g/mol. The predicted octanol–water partition coefficient (Wildman–Crippen LogP) is 4.23. The number of nitrogens with zero attached hydrogens (tertiary/aromatic N) is 2. The maximum absolute atomic E-state index is 11.9. The van der Waals surface area contributed by atoms with Gasteiger partial charge in [0.1, 0.15) is 6.61 Å². The van der Waals surface area contributed by atoms with Crippen molar-refractivity contribution < 1.29 is 14.1 Å². The number of hydrogen-bond acceptors (Lipinski definition) is 5. The molecule has 0 spiro atoms. The molecule has 0 saturated carbocycles. The molecule has 6 heteroatoms. The smallest absolute Gasteiger partial charge is 0.407 e. The second-order valence-electron chi connectivity index (χ2n) is 7.14. The molecule has 27 heavy (non-hydrogen) atoms. The summed E-state index contributed by atoms with van der Waals surface area (Å²) in [5.74, 6) is 1.11. The summed E-state index contributed by atoms with van der Waals surface area (Å²) in [6.45, 7) is 4.75. The van der Waals surface area contributed by atoms with E-state index in [1.54, 1.807) is 0 Å². The van der Waals surface area contributed by atoms with Gasteiger partial charge in [0.25, 0.3) is 5.89 Å². The molecule has 0 atom stereocenters. The average molecular weight is 365 g/mol. The number of hydrogen-bond donors (Lipinski definition) is 1. The maximum Gasteiger partial charge on any atom is 0.407 e. The Labute approximate surface area is 158 Å². The molecule has 0 aliphatic heterocycles. The molecule has 0 unspecified atom stereocenters. The van der Waals surface area contributed by atoms with Crippen LogP contribution < -0.4 is 5.32 Å². The lowest BCUT2D eigenvalue weighted by Gasteiger charge is -2.23. The second-order valence-corrected chi connectivity index (χ2v) is 7.14. The van der Waals surface area contributed by atoms with E-state index in [0.29, 0.717) is 24.7 Å². The fraction of sp³-hybridized carbons (Fsp3) is 0.286. The highest BCUT2D eigenvalue weighted by molar-refractivity contribution is 5.67. The van der Waals surface area contributed by atoms with Gasteiger partial charge in [0.05, 0.1) is 0 Å². The van der Waals surface area contributed by atoms with Crippen LogP contribution in [0.4, 0.5) is 4.79 Å². The number of nitrogens with one attached hydrogen (secondary N) is 1. The van der Waals surface area contributed by atoms with Crippen molar-refractivity contribution in [3.8, 4) is 11.5 Å². The summed E-state index contributed by atoms with van der Waals surface area (Å²) in [5.41, 5.74) is 1.59. The van der Waals surface area contributed by atoms with Gasteiger partial charge in [-0.2, -0.15) is 4.98 Å². The first kappa shape index (κ1) is 18.6. The number of amides is 1. The summed E-state index contributed by atoms with van der Waals surface area (Å²) in [7, 11) is 0. The number of benzene rings is 2. The third kappa shape index (κ3) is 5.67. The van der Waals surface area contributed by atoms with Crippen LogP contribution in [0.5, 0.6) is 0 Å². The topological polar surface area (TPSA) is 77.2 Å². The van der Waals surface area contributed by atoms with Crippen LogP contribution in [-0.4, -0.2) is 22.8 Å². The fourth-order valence-corrected chi connectivity index (χ4v) is 2.60. The maximum atomic E-state index is 11.9. The zero-order valence-corrected chi connectivity index (χ0v) is 15.5. The highest BCUT2D eigenvalue weighted by Gasteiger charge is 2.23. The number of rotatable bonds is 7. The van der Waals surface area contributed by atoms with E-state index < -0.39 is 6.09 Å². The van der Waals surface area contributed by atoms with Gasteiger partial charge in [-0.3, -0.25) is 0 Å². The molecule has 0 aliphatic carbocycles. The Morgan fingerprint density at radius 3 is 2.44 bits per heavy atom. The standard InChI is InChI=1S/C21H23N3O3/c1-21(2,15-22-20(25)26-14-16-9-5-3-6-10-16)13-18-23-19(27-24-18)17-11-7-4-8-12-17/h3-12H,13-15H2,1-2H3,(H,22,25). The Morgan fingerprint density at radius 2 is 1.74 bits per heavy atom. The number of alkyl carbamates (subject to hydrolysis) is 1. The third-order valence-corrected chi connectivity index (χ3v) is 4.05. The Hall–Kier alpha value is -3.15. The van der Waals surface area contributed by atoms with Gasteiger partial charge in [0, 0.05) is 18.5 Å². The predicted molar refractivity (Wildman–Crippen MR) is 102 cm³/mol. The van der Waals surface area contributed by atoms with Gasteiger partial charge in [0.2, 0.25) is 0 Å². The average Bonchev–Trinajstić information content (AvgIpc) is 3.14. The van der Waals surface area contributed by atoms with Gasteiger partial charge in [-0.1, -0.05) is 67.5 Å². The molecule has 0 fully saturated rings. The van der Waals surface area contributed by atoms with Gasteiger partial charge >= 0.3 is 6.09 Å². The molecule has 0 radical (unpaired) electrons. The molecular formula is C21H23N3O3. The van der Waals surface area contributed by atoms with Gasteiger partial charge < -0.3 is 14.6 Å². The number of carbonyl (C=O) groups excluding carboxylic acids is 1. The zero-order chi connectivity index (χ0) is 19.1. The van der Waals surface area contributed by atoms with Crippen molar-refractivity contribution in [3.05, 3.63) is 72.1 Å². The molecule has 2 aromatic carbocycles. The minimum Gasteiger partial charge on any atom is -0.445 e. The summed E-state index contributed by atoms with van der Waals surface area (Å²) in [4.78, 5) is 16.4. The highest BCUT2D eigenvalue weighted by Crippen LogP contribution is 2.22. The molecular weight excluding hydrogens is 342 g/mol. The minimum atomic E-state index is -0.440. The van der Waals surface area contributed by atoms with Crippen LogP contribution in [0.3, 0.4) is 0 Å². The van der Waals surface area contributed by atoms with E-state index in [1.807, 2.05) is 74.5 Å². The molecule has 3 aromatic rings. The minimum absolute atomic E-state index is 0.246. The largest absolute Gasteiger partial charge is 0.445 e. The van der Waals surface area contributed by atoms with Crippen molar-refractivity contribution in [2.75, 3.05) is 6.54 Å². The van der Waals surface area contributed by atoms with Crippen molar-refractivity contribution in [3.63, 3.8) is 0 Å². The van der Waals surface area contributed by atoms with Gasteiger partial charge in [-0.25, -0.2) is 4.79 Å². The van der Waals surface area contributed by atoms with Crippen LogP contribution >= 0.6 is 0 Å². The van der Waals surface area contributed by atoms with E-state index in [4.69, 9.17) is 9.26 Å². The molecule has 1 amide bonds. The number of aromatic nitrogens is 2. The van der Waals surface area contributed by atoms with Crippen LogP contribution in [0.1, 0.15) is 25.2 Å². The van der Waals surface area contributed by atoms with Crippen LogP contribution in [0, 0.1) is 5.41 Å². The Balaban J connectivity index is 1.48. The number of ether oxygens (including phenoxy) is 1. The summed E-state index contributed by atoms with van der Waals surface area (Å²) in [5, 5.41) is 6.86. The van der Waals surface area contributed by atoms with Crippen molar-refractivity contribution in [2.45, 2.75) is 26.9 Å². The second kappa shape index (κ2) is 8.49. The SMILES string of the molecule is CC(C)(CNC(=O)OCc1ccccc1)Cc1noc(-c2ccccc2)n1. The van der Waals surface area contributed by atoms with E-state index in [1.165, 1.54) is 0 Å². The first-order valence-electron chi connectivity index (χ1n) is 8.84. The number of carbonyl (C=O) groups is 1. The van der Waals surface area contributed by atoms with Gasteiger partial charge in [0.15, 0.2) is 5.82 Å². The first-order chi connectivity index (χ1) is 13.0. The van der Waals surface area contributed by atoms with Gasteiger partial charge in [-0.15, -0.1) is 0 Å². The molecule has 6 nitrogen and oxygen atoms in total. The first-order valence-corrected chi connectivity index (χ1v) is 8.84. The van der Waals surface area contributed by atoms with Crippen LogP contribution in [-0.2, 0) is 17.8 Å². The Morgan fingerprint density at radius 1 is 1.07 bits per heavy atom. The van der Waals surface area contributed by atoms with E-state index in [-0.39, 0.29) is 12.0 Å². The molecule has 0 saturated heterocycles. The summed E-state index contributed by atoms with van der Waals surface area (Å²) in [6, 6.07) is 19.2. The molecule has 3 rings (SSSR count). The van der Waals surface area contributed by atoms with Gasteiger partial charge in [-0.05, 0) is 23.1 Å². The molecule has 1 N–H and O–H groups in total. The molecule has 0 bridgehead atoms. The highest BCUT2D eigenvalue weighted by atomic mass is 16.5. The van der Waals surface area contributed by atoms with Crippen LogP contribution in [0.25, 0.3) is 11.5 Å². The molecule has 140 valence electrons. The van der Waals surface area contributed by atoms with Crippen LogP contribution in [0.2, 0.25) is 0 Å². The van der Waals surface area contributed by atoms with Crippen molar-refractivity contribution in [2.24, 2.45) is 5.41 Å². The molecule has 1 aromatic heterocycles. The summed E-state index contributed by atoms with van der Waals surface area (Å²) < 4.78 is 10.6. The van der Waals surface area contributed by atoms with E-state index in [9.17, 15) is 4.79 Å². The van der Waals surface area contributed by atoms with E-state index in [2.05, 4.69) is 15.5 Å². The lowest BCUT2D eigenvalue weighted by molar-refractivity contribution is 0.135. The fourth-order valence-electron chi connectivity index (χ4n) is 2.60. The quantitative estimate of drug-likeness (QED) is 0.678. The molecule has 0 aliphatic rings. The lowest BCUT2D eigenvalue weighted by Crippen LogP contribution is -2.35. The lowest BCUT2D eigenvalue weighted by atomic mass is 9.89. The Bertz CT molecular complexity index is 861. The van der Waals surface area contributed by atoms with Crippen molar-refractivity contribution in [1.82, 2.24) is 15.5 Å². The zero-order valence-electron chi connectivity index (χ0n) is 15.5. The van der Waals surface area contributed by atoms with E-state index in [0.717, 1.165) is 11.1 Å². The van der Waals surface area contributed by atoms with Crippen LogP contribution in [0.15, 0.2) is 65.2 Å².